The van der Waals surface area contributed by atoms with Crippen LogP contribution in [0.1, 0.15) is 36.6 Å². The van der Waals surface area contributed by atoms with Gasteiger partial charge in [0.2, 0.25) is 23.1 Å². The summed E-state index contributed by atoms with van der Waals surface area (Å²) >= 11 is 7.99. The second kappa shape index (κ2) is 10.7. The third-order valence-corrected chi connectivity index (χ3v) is 10.7. The van der Waals surface area contributed by atoms with Gasteiger partial charge < -0.3 is 24.8 Å². The van der Waals surface area contributed by atoms with E-state index < -0.39 is 47.0 Å². The fourth-order valence-corrected chi connectivity index (χ4v) is 7.52. The number of carboxylic acids is 1. The van der Waals surface area contributed by atoms with Crippen LogP contribution in [0.25, 0.3) is 0 Å². The molecule has 3 heterocycles. The minimum Gasteiger partial charge on any atom is -0.481 e. The number of nitrogens with one attached hydrogen (secondary N) is 1. The summed E-state index contributed by atoms with van der Waals surface area (Å²) in [6.45, 7) is 4.55. The van der Waals surface area contributed by atoms with Crippen LogP contribution in [0.4, 0.5) is 11.4 Å². The Labute approximate surface area is 256 Å². The number of Topliss-reactive ketones (excluding diaryl/α,β-unsaturated/α-hetero) is 2. The van der Waals surface area contributed by atoms with Crippen molar-refractivity contribution in [3.63, 3.8) is 0 Å². The highest BCUT2D eigenvalue weighted by molar-refractivity contribution is 9.13. The lowest BCUT2D eigenvalue weighted by molar-refractivity contribution is -0.147. The van der Waals surface area contributed by atoms with Crippen molar-refractivity contribution in [2.75, 3.05) is 36.5 Å². The average Bonchev–Trinajstić information content (AvgIpc) is 3.59. The molecule has 1 amide bonds. The van der Waals surface area contributed by atoms with Gasteiger partial charge in [0, 0.05) is 43.9 Å². The molecule has 0 radical (unpaired) electrons. The van der Waals surface area contributed by atoms with Crippen LogP contribution in [0.5, 0.6) is 0 Å². The third kappa shape index (κ3) is 4.65. The normalized spacial score (nSPS) is 25.5. The molecule has 2 aliphatic heterocycles. The van der Waals surface area contributed by atoms with Crippen LogP contribution in [0, 0.1) is 18.8 Å². The molecule has 0 bridgehead atoms. The number of hydrogen-bond donors (Lipinski definition) is 2. The minimum absolute atomic E-state index is 0.138. The lowest BCUT2D eigenvalue weighted by Crippen LogP contribution is -2.52. The molecule has 2 aromatic carbocycles. The molecule has 1 aliphatic carbocycles. The molecular weight excluding hydrogens is 680 g/mol. The minimum atomic E-state index is -2.34. The fraction of sp³-hybridized carbons (Fsp3) is 0.310. The lowest BCUT2D eigenvalue weighted by Gasteiger charge is -2.29. The van der Waals surface area contributed by atoms with Gasteiger partial charge >= 0.3 is 5.97 Å². The molecule has 12 heteroatoms. The number of rotatable bonds is 5. The number of fused-ring (bicyclic) bond motifs is 1. The molecular formula is C29H24Br2N2O7S. The Kier molecular flexibility index (Phi) is 7.39. The zero-order valence-electron chi connectivity index (χ0n) is 21.7. The van der Waals surface area contributed by atoms with E-state index in [1.54, 1.807) is 43.3 Å². The standard InChI is InChI=1S/C29H24Br2N2O7S/c1-14-12-18-24(41-14)26(35)29(25(18)34)22(28(37)38)21(23(40-29)15-2-7-19(30)20(31)13-15)27(36)32-16-3-5-17(6-4-16)33-8-10-39-11-9-33/h2-7,12-13,21-23H,8-11H2,1H3,(H,32,36)(H,37,38)/t21-,22-,23-,29+/m0/s1. The van der Waals surface area contributed by atoms with E-state index in [2.05, 4.69) is 42.1 Å². The first-order valence-electron chi connectivity index (χ1n) is 12.9. The van der Waals surface area contributed by atoms with Crippen molar-refractivity contribution in [1.82, 2.24) is 0 Å². The first kappa shape index (κ1) is 28.2. The van der Waals surface area contributed by atoms with Crippen molar-refractivity contribution >= 4 is 78.0 Å². The van der Waals surface area contributed by atoms with Gasteiger partial charge in [0.25, 0.3) is 0 Å². The largest absolute Gasteiger partial charge is 0.481 e. The quantitative estimate of drug-likeness (QED) is 0.345. The highest BCUT2D eigenvalue weighted by Crippen LogP contribution is 2.55. The van der Waals surface area contributed by atoms with E-state index in [0.29, 0.717) is 28.9 Å². The number of nitrogens with zero attached hydrogens (tertiary/aromatic N) is 1. The molecule has 212 valence electrons. The van der Waals surface area contributed by atoms with Crippen molar-refractivity contribution in [3.05, 3.63) is 78.4 Å². The summed E-state index contributed by atoms with van der Waals surface area (Å²) in [6.07, 6.45) is -1.18. The molecule has 2 fully saturated rings. The molecule has 9 nitrogen and oxygen atoms in total. The summed E-state index contributed by atoms with van der Waals surface area (Å²) < 4.78 is 13.0. The number of hydrogen-bond acceptors (Lipinski definition) is 8. The molecule has 1 spiro atoms. The number of thiophene rings is 1. The molecule has 1 aromatic heterocycles. The van der Waals surface area contributed by atoms with Gasteiger partial charge in [0.05, 0.1) is 30.1 Å². The van der Waals surface area contributed by atoms with Crippen LogP contribution in [0.3, 0.4) is 0 Å². The first-order valence-corrected chi connectivity index (χ1v) is 15.3. The molecule has 2 saturated heterocycles. The van der Waals surface area contributed by atoms with Crippen LogP contribution >= 0.6 is 43.2 Å². The number of carbonyl (C=O) groups excluding carboxylic acids is 3. The highest BCUT2D eigenvalue weighted by Gasteiger charge is 2.71. The number of halogens is 2. The van der Waals surface area contributed by atoms with Crippen LogP contribution < -0.4 is 10.2 Å². The van der Waals surface area contributed by atoms with Crippen molar-refractivity contribution in [1.29, 1.82) is 0 Å². The summed E-state index contributed by atoms with van der Waals surface area (Å²) in [5.41, 5.74) is -0.324. The molecule has 3 aromatic rings. The number of benzene rings is 2. The molecule has 0 unspecified atom stereocenters. The van der Waals surface area contributed by atoms with Crippen molar-refractivity contribution in [2.45, 2.75) is 18.6 Å². The van der Waals surface area contributed by atoms with Gasteiger partial charge in [0.15, 0.2) is 0 Å². The van der Waals surface area contributed by atoms with Crippen LogP contribution in [-0.2, 0) is 19.1 Å². The number of carboxylic acid groups (broad SMARTS) is 1. The number of carbonyl (C=O) groups is 4. The molecule has 4 atom stereocenters. The maximum Gasteiger partial charge on any atom is 0.311 e. The van der Waals surface area contributed by atoms with Gasteiger partial charge in [-0.3, -0.25) is 19.2 Å². The lowest BCUT2D eigenvalue weighted by atomic mass is 9.75. The molecule has 41 heavy (non-hydrogen) atoms. The van der Waals surface area contributed by atoms with Crippen molar-refractivity contribution < 1.29 is 33.8 Å². The van der Waals surface area contributed by atoms with Gasteiger partial charge in [-0.1, -0.05) is 6.07 Å². The van der Waals surface area contributed by atoms with Crippen molar-refractivity contribution in [2.24, 2.45) is 11.8 Å². The Morgan fingerprint density at radius 2 is 1.73 bits per heavy atom. The number of aryl methyl sites for hydroxylation is 1. The molecule has 0 saturated carbocycles. The van der Waals surface area contributed by atoms with Gasteiger partial charge in [-0.05, 0) is 86.8 Å². The van der Waals surface area contributed by atoms with E-state index >= 15 is 0 Å². The van der Waals surface area contributed by atoms with E-state index in [-0.39, 0.29) is 10.4 Å². The number of aliphatic carboxylic acids is 1. The van der Waals surface area contributed by atoms with Crippen LogP contribution in [-0.4, -0.2) is 60.5 Å². The predicted molar refractivity (Wildman–Crippen MR) is 159 cm³/mol. The fourth-order valence-electron chi connectivity index (χ4n) is 5.87. The topological polar surface area (TPSA) is 122 Å². The second-order valence-corrected chi connectivity index (χ2v) is 13.1. The Hall–Kier alpha value is -2.90. The zero-order valence-corrected chi connectivity index (χ0v) is 25.7. The Balaban J connectivity index is 1.38. The predicted octanol–water partition coefficient (Wildman–Crippen LogP) is 5.26. The Morgan fingerprint density at radius 1 is 1.02 bits per heavy atom. The van der Waals surface area contributed by atoms with Gasteiger partial charge in [-0.25, -0.2) is 0 Å². The van der Waals surface area contributed by atoms with E-state index in [9.17, 15) is 24.3 Å². The summed E-state index contributed by atoms with van der Waals surface area (Å²) in [7, 11) is 0. The number of amides is 1. The SMILES string of the molecule is Cc1cc2c(s1)C(=O)[C@]1(O[C@@H](c3ccc(Br)c(Br)c3)[C@@H](C(=O)Nc3ccc(N4CCOCC4)cc3)[C@H]1C(=O)O)C2=O. The van der Waals surface area contributed by atoms with Crippen LogP contribution in [0.2, 0.25) is 0 Å². The summed E-state index contributed by atoms with van der Waals surface area (Å²) in [5.74, 6) is -6.69. The van der Waals surface area contributed by atoms with E-state index in [4.69, 9.17) is 9.47 Å². The highest BCUT2D eigenvalue weighted by atomic mass is 79.9. The van der Waals surface area contributed by atoms with Gasteiger partial charge in [0.1, 0.15) is 5.92 Å². The third-order valence-electron chi connectivity index (χ3n) is 7.77. The van der Waals surface area contributed by atoms with Gasteiger partial charge in [-0.15, -0.1) is 11.3 Å². The summed E-state index contributed by atoms with van der Waals surface area (Å²) in [4.78, 5) is 57.5. The number of ether oxygens (including phenoxy) is 2. The summed E-state index contributed by atoms with van der Waals surface area (Å²) in [6, 6.07) is 13.9. The molecule has 2 N–H and O–H groups in total. The number of anilines is 2. The first-order chi connectivity index (χ1) is 19.6. The number of ketones is 2. The smallest absolute Gasteiger partial charge is 0.311 e. The second-order valence-electron chi connectivity index (χ2n) is 10.2. The Bertz CT molecular complexity index is 1550. The maximum absolute atomic E-state index is 13.9. The van der Waals surface area contributed by atoms with E-state index in [1.807, 2.05) is 12.1 Å². The maximum atomic E-state index is 13.9. The number of morpholine rings is 1. The van der Waals surface area contributed by atoms with Gasteiger partial charge in [-0.2, -0.15) is 0 Å². The monoisotopic (exact) mass is 702 g/mol. The zero-order chi connectivity index (χ0) is 29.1. The summed E-state index contributed by atoms with van der Waals surface area (Å²) in [5, 5.41) is 13.3. The van der Waals surface area contributed by atoms with Crippen LogP contribution in [0.15, 0.2) is 57.5 Å². The van der Waals surface area contributed by atoms with E-state index in [0.717, 1.165) is 39.5 Å². The molecule has 3 aliphatic rings. The van der Waals surface area contributed by atoms with E-state index in [1.165, 1.54) is 0 Å². The molecule has 6 rings (SSSR count). The Morgan fingerprint density at radius 3 is 2.37 bits per heavy atom. The average molecular weight is 704 g/mol. The van der Waals surface area contributed by atoms with Crippen molar-refractivity contribution in [3.8, 4) is 0 Å².